The fourth-order valence-electron chi connectivity index (χ4n) is 4.81. The van der Waals surface area contributed by atoms with E-state index >= 15 is 0 Å². The van der Waals surface area contributed by atoms with E-state index in [4.69, 9.17) is 23.2 Å². The minimum Gasteiger partial charge on any atom is -0.352 e. The Morgan fingerprint density at radius 3 is 2.22 bits per heavy atom. The predicted octanol–water partition coefficient (Wildman–Crippen LogP) is 7.39. The molecule has 194 valence electrons. The molecule has 0 spiro atoms. The van der Waals surface area contributed by atoms with Crippen molar-refractivity contribution in [3.63, 3.8) is 0 Å². The fourth-order valence-corrected chi connectivity index (χ4v) is 5.40. The number of nitrogens with zero attached hydrogens (tertiary/aromatic N) is 1. The number of rotatable bonds is 9. The Bertz CT molecular complexity index is 1200. The van der Waals surface area contributed by atoms with Crippen molar-refractivity contribution in [1.29, 1.82) is 0 Å². The largest absolute Gasteiger partial charge is 0.352 e. The Kier molecular flexibility index (Phi) is 10.1. The molecule has 1 aliphatic carbocycles. The Morgan fingerprint density at radius 1 is 0.865 bits per heavy atom. The topological polar surface area (TPSA) is 49.4 Å². The summed E-state index contributed by atoms with van der Waals surface area (Å²) in [7, 11) is 0. The number of carbonyl (C=O) groups is 2. The van der Waals surface area contributed by atoms with Gasteiger partial charge < -0.3 is 10.2 Å². The standard InChI is InChI=1S/C30H31BrCl2N2O2/c31-24-14-11-22(12-15-24)20-35(29(36)19-23-13-16-26(32)27(33)17-23)28(18-21-7-3-1-4-8-21)30(37)34-25-9-5-2-6-10-25/h1,3-4,7-8,11-17,25,28H,2,5-6,9-10,18-20H2,(H,34,37)/t28-/m1/s1. The van der Waals surface area contributed by atoms with Gasteiger partial charge >= 0.3 is 0 Å². The molecule has 0 saturated heterocycles. The van der Waals surface area contributed by atoms with Gasteiger partial charge in [0.25, 0.3) is 0 Å². The Hall–Kier alpha value is -2.34. The van der Waals surface area contributed by atoms with Gasteiger partial charge in [-0.2, -0.15) is 0 Å². The van der Waals surface area contributed by atoms with Crippen molar-refractivity contribution >= 4 is 50.9 Å². The van der Waals surface area contributed by atoms with E-state index in [0.29, 0.717) is 23.0 Å². The molecule has 37 heavy (non-hydrogen) atoms. The highest BCUT2D eigenvalue weighted by atomic mass is 79.9. The van der Waals surface area contributed by atoms with Gasteiger partial charge in [0.15, 0.2) is 0 Å². The van der Waals surface area contributed by atoms with E-state index in [0.717, 1.165) is 46.8 Å². The zero-order valence-electron chi connectivity index (χ0n) is 20.6. The lowest BCUT2D eigenvalue weighted by atomic mass is 9.94. The van der Waals surface area contributed by atoms with Gasteiger partial charge in [0.2, 0.25) is 11.8 Å². The molecular formula is C30H31BrCl2N2O2. The lowest BCUT2D eigenvalue weighted by molar-refractivity contribution is -0.141. The summed E-state index contributed by atoms with van der Waals surface area (Å²) < 4.78 is 0.959. The third kappa shape index (κ3) is 8.07. The normalized spacial score (nSPS) is 14.7. The van der Waals surface area contributed by atoms with Gasteiger partial charge in [-0.05, 0) is 53.8 Å². The second kappa shape index (κ2) is 13.5. The second-order valence-corrected chi connectivity index (χ2v) is 11.4. The molecule has 2 amide bonds. The lowest BCUT2D eigenvalue weighted by Crippen LogP contribution is -2.53. The number of benzene rings is 3. The third-order valence-electron chi connectivity index (χ3n) is 6.83. The van der Waals surface area contributed by atoms with E-state index in [1.807, 2.05) is 54.6 Å². The van der Waals surface area contributed by atoms with Crippen molar-refractivity contribution in [2.45, 2.75) is 63.6 Å². The van der Waals surface area contributed by atoms with Crippen molar-refractivity contribution in [3.05, 3.63) is 104 Å². The maximum atomic E-state index is 13.9. The molecule has 0 unspecified atom stereocenters. The molecule has 1 saturated carbocycles. The zero-order chi connectivity index (χ0) is 26.2. The number of hydrogen-bond acceptors (Lipinski definition) is 2. The molecule has 1 fully saturated rings. The van der Waals surface area contributed by atoms with Crippen molar-refractivity contribution in [2.75, 3.05) is 0 Å². The van der Waals surface area contributed by atoms with E-state index in [-0.39, 0.29) is 24.3 Å². The van der Waals surface area contributed by atoms with Gasteiger partial charge in [-0.3, -0.25) is 9.59 Å². The van der Waals surface area contributed by atoms with Crippen LogP contribution in [0.1, 0.15) is 48.8 Å². The summed E-state index contributed by atoms with van der Waals surface area (Å²) >= 11 is 15.8. The summed E-state index contributed by atoms with van der Waals surface area (Å²) in [6.45, 7) is 0.322. The fraction of sp³-hybridized carbons (Fsp3) is 0.333. The number of amides is 2. The van der Waals surface area contributed by atoms with E-state index in [1.54, 1.807) is 23.1 Å². The predicted molar refractivity (Wildman–Crippen MR) is 154 cm³/mol. The first-order chi connectivity index (χ1) is 17.9. The van der Waals surface area contributed by atoms with Crippen molar-refractivity contribution < 1.29 is 9.59 Å². The molecular weight excluding hydrogens is 571 g/mol. The zero-order valence-corrected chi connectivity index (χ0v) is 23.7. The van der Waals surface area contributed by atoms with Crippen LogP contribution in [0, 0.1) is 0 Å². The minimum absolute atomic E-state index is 0.102. The second-order valence-electron chi connectivity index (χ2n) is 9.62. The van der Waals surface area contributed by atoms with Crippen LogP contribution in [0.15, 0.2) is 77.3 Å². The van der Waals surface area contributed by atoms with Gasteiger partial charge in [0.1, 0.15) is 6.04 Å². The highest BCUT2D eigenvalue weighted by Crippen LogP contribution is 2.25. The SMILES string of the molecule is O=C(NC1CCCCC1)[C@@H](Cc1ccccc1)N(Cc1ccc(Br)cc1)C(=O)Cc1ccc(Cl)c(Cl)c1. The van der Waals surface area contributed by atoms with E-state index in [1.165, 1.54) is 6.42 Å². The number of nitrogens with one attached hydrogen (secondary N) is 1. The molecule has 0 aromatic heterocycles. The van der Waals surface area contributed by atoms with Crippen LogP contribution in [-0.2, 0) is 29.0 Å². The van der Waals surface area contributed by atoms with Crippen LogP contribution in [-0.4, -0.2) is 28.8 Å². The van der Waals surface area contributed by atoms with Crippen molar-refractivity contribution in [2.24, 2.45) is 0 Å². The first-order valence-electron chi connectivity index (χ1n) is 12.7. The van der Waals surface area contributed by atoms with E-state index in [2.05, 4.69) is 21.2 Å². The lowest BCUT2D eigenvalue weighted by Gasteiger charge is -2.33. The molecule has 0 heterocycles. The maximum Gasteiger partial charge on any atom is 0.243 e. The van der Waals surface area contributed by atoms with Gasteiger partial charge in [0.05, 0.1) is 16.5 Å². The minimum atomic E-state index is -0.650. The summed E-state index contributed by atoms with van der Waals surface area (Å²) in [5.41, 5.74) is 2.72. The Balaban J connectivity index is 1.65. The van der Waals surface area contributed by atoms with Gasteiger partial charge in [-0.1, -0.05) is 107 Å². The van der Waals surface area contributed by atoms with Crippen molar-refractivity contribution in [1.82, 2.24) is 10.2 Å². The molecule has 0 aliphatic heterocycles. The molecule has 3 aromatic carbocycles. The van der Waals surface area contributed by atoms with Crippen LogP contribution in [0.4, 0.5) is 0 Å². The first kappa shape index (κ1) is 27.7. The Morgan fingerprint density at radius 2 is 1.54 bits per heavy atom. The van der Waals surface area contributed by atoms with Crippen LogP contribution in [0.3, 0.4) is 0 Å². The molecule has 3 aromatic rings. The number of hydrogen-bond donors (Lipinski definition) is 1. The first-order valence-corrected chi connectivity index (χ1v) is 14.3. The highest BCUT2D eigenvalue weighted by molar-refractivity contribution is 9.10. The monoisotopic (exact) mass is 600 g/mol. The molecule has 0 radical (unpaired) electrons. The van der Waals surface area contributed by atoms with Crippen LogP contribution in [0.25, 0.3) is 0 Å². The molecule has 7 heteroatoms. The van der Waals surface area contributed by atoms with Crippen molar-refractivity contribution in [3.8, 4) is 0 Å². The summed E-state index contributed by atoms with van der Waals surface area (Å²) in [6.07, 6.45) is 5.96. The van der Waals surface area contributed by atoms with Crippen LogP contribution in [0.2, 0.25) is 10.0 Å². The van der Waals surface area contributed by atoms with Gasteiger partial charge in [0, 0.05) is 23.5 Å². The molecule has 4 rings (SSSR count). The summed E-state index contributed by atoms with van der Waals surface area (Å²) in [6, 6.07) is 22.4. The number of halogens is 3. The van der Waals surface area contributed by atoms with Crippen LogP contribution in [0.5, 0.6) is 0 Å². The highest BCUT2D eigenvalue weighted by Gasteiger charge is 2.32. The third-order valence-corrected chi connectivity index (χ3v) is 8.10. The van der Waals surface area contributed by atoms with Crippen LogP contribution < -0.4 is 5.32 Å². The summed E-state index contributed by atoms with van der Waals surface area (Å²) in [5.74, 6) is -0.239. The van der Waals surface area contributed by atoms with Crippen LogP contribution >= 0.6 is 39.1 Å². The van der Waals surface area contributed by atoms with Gasteiger partial charge in [-0.25, -0.2) is 0 Å². The van der Waals surface area contributed by atoms with E-state index < -0.39 is 6.04 Å². The Labute approximate surface area is 237 Å². The maximum absolute atomic E-state index is 13.9. The molecule has 1 atom stereocenters. The average Bonchev–Trinajstić information content (AvgIpc) is 2.90. The smallest absolute Gasteiger partial charge is 0.243 e. The number of carbonyl (C=O) groups excluding carboxylic acids is 2. The molecule has 0 bridgehead atoms. The average molecular weight is 602 g/mol. The van der Waals surface area contributed by atoms with E-state index in [9.17, 15) is 9.59 Å². The molecule has 1 aliphatic rings. The molecule has 4 nitrogen and oxygen atoms in total. The summed E-state index contributed by atoms with van der Waals surface area (Å²) in [5, 5.41) is 4.12. The molecule has 1 N–H and O–H groups in total. The van der Waals surface area contributed by atoms with Gasteiger partial charge in [-0.15, -0.1) is 0 Å². The summed E-state index contributed by atoms with van der Waals surface area (Å²) in [4.78, 5) is 29.4. The quantitative estimate of drug-likeness (QED) is 0.278.